The van der Waals surface area contributed by atoms with Gasteiger partial charge < -0.3 is 20.1 Å². The molecule has 0 fully saturated rings. The van der Waals surface area contributed by atoms with Gasteiger partial charge in [0.25, 0.3) is 5.91 Å². The lowest BCUT2D eigenvalue weighted by Crippen LogP contribution is -2.27. The molecule has 2 aromatic rings. The SMILES string of the molecule is COc1ccc(OC)c(C(C)NC(=O)c2ccc(NC(C)=O)cc2)c1. The quantitative estimate of drug-likeness (QED) is 0.845. The zero-order valence-corrected chi connectivity index (χ0v) is 14.8. The first-order valence-electron chi connectivity index (χ1n) is 7.85. The number of hydrogen-bond donors (Lipinski definition) is 2. The van der Waals surface area contributed by atoms with Gasteiger partial charge in [0.1, 0.15) is 11.5 Å². The maximum absolute atomic E-state index is 12.4. The molecule has 0 radical (unpaired) electrons. The van der Waals surface area contributed by atoms with Crippen LogP contribution in [0.5, 0.6) is 11.5 Å². The van der Waals surface area contributed by atoms with E-state index < -0.39 is 0 Å². The summed E-state index contributed by atoms with van der Waals surface area (Å²) in [6.07, 6.45) is 0. The minimum absolute atomic E-state index is 0.157. The van der Waals surface area contributed by atoms with Crippen LogP contribution in [0.1, 0.15) is 35.8 Å². The lowest BCUT2D eigenvalue weighted by molar-refractivity contribution is -0.114. The summed E-state index contributed by atoms with van der Waals surface area (Å²) < 4.78 is 10.6. The molecule has 0 aromatic heterocycles. The zero-order valence-electron chi connectivity index (χ0n) is 14.8. The fourth-order valence-corrected chi connectivity index (χ4v) is 2.44. The number of amides is 2. The normalized spacial score (nSPS) is 11.4. The number of ether oxygens (including phenoxy) is 2. The van der Waals surface area contributed by atoms with Gasteiger partial charge in [-0.2, -0.15) is 0 Å². The number of carbonyl (C=O) groups excluding carboxylic acids is 2. The van der Waals surface area contributed by atoms with E-state index in [1.807, 2.05) is 13.0 Å². The molecule has 0 spiro atoms. The second kappa shape index (κ2) is 8.19. The molecular weight excluding hydrogens is 320 g/mol. The molecule has 1 atom stereocenters. The molecule has 25 heavy (non-hydrogen) atoms. The summed E-state index contributed by atoms with van der Waals surface area (Å²) in [5, 5.41) is 5.60. The van der Waals surface area contributed by atoms with E-state index in [1.54, 1.807) is 50.6 Å². The average molecular weight is 342 g/mol. The van der Waals surface area contributed by atoms with Gasteiger partial charge in [0.05, 0.1) is 20.3 Å². The largest absolute Gasteiger partial charge is 0.497 e. The van der Waals surface area contributed by atoms with Crippen molar-refractivity contribution in [3.05, 3.63) is 53.6 Å². The van der Waals surface area contributed by atoms with Crippen molar-refractivity contribution in [3.63, 3.8) is 0 Å². The highest BCUT2D eigenvalue weighted by Gasteiger charge is 2.16. The molecule has 2 N–H and O–H groups in total. The Labute approximate surface area is 147 Å². The highest BCUT2D eigenvalue weighted by molar-refractivity contribution is 5.95. The maximum atomic E-state index is 12.4. The summed E-state index contributed by atoms with van der Waals surface area (Å²) in [6.45, 7) is 3.31. The van der Waals surface area contributed by atoms with Gasteiger partial charge in [0.2, 0.25) is 5.91 Å². The van der Waals surface area contributed by atoms with Crippen LogP contribution in [0.15, 0.2) is 42.5 Å². The van der Waals surface area contributed by atoms with Gasteiger partial charge in [-0.3, -0.25) is 9.59 Å². The molecule has 6 heteroatoms. The predicted molar refractivity (Wildman–Crippen MR) is 96.2 cm³/mol. The highest BCUT2D eigenvalue weighted by Crippen LogP contribution is 2.29. The third-order valence-corrected chi connectivity index (χ3v) is 3.72. The Bertz CT molecular complexity index is 757. The van der Waals surface area contributed by atoms with Gasteiger partial charge in [-0.1, -0.05) is 0 Å². The van der Waals surface area contributed by atoms with Crippen molar-refractivity contribution in [2.45, 2.75) is 19.9 Å². The van der Waals surface area contributed by atoms with E-state index in [9.17, 15) is 9.59 Å². The molecule has 1 unspecified atom stereocenters. The number of nitrogens with one attached hydrogen (secondary N) is 2. The van der Waals surface area contributed by atoms with Gasteiger partial charge in [0.15, 0.2) is 0 Å². The molecule has 0 saturated carbocycles. The Morgan fingerprint density at radius 3 is 2.24 bits per heavy atom. The fraction of sp³-hybridized carbons (Fsp3) is 0.263. The van der Waals surface area contributed by atoms with E-state index in [0.717, 1.165) is 5.56 Å². The smallest absolute Gasteiger partial charge is 0.251 e. The number of benzene rings is 2. The van der Waals surface area contributed by atoms with Crippen LogP contribution in [0.4, 0.5) is 5.69 Å². The summed E-state index contributed by atoms with van der Waals surface area (Å²) in [7, 11) is 3.17. The van der Waals surface area contributed by atoms with E-state index in [4.69, 9.17) is 9.47 Å². The zero-order chi connectivity index (χ0) is 18.4. The lowest BCUT2D eigenvalue weighted by atomic mass is 10.1. The first-order valence-corrected chi connectivity index (χ1v) is 7.85. The number of anilines is 1. The van der Waals surface area contributed by atoms with Crippen molar-refractivity contribution in [1.29, 1.82) is 0 Å². The van der Waals surface area contributed by atoms with Crippen molar-refractivity contribution in [2.75, 3.05) is 19.5 Å². The minimum atomic E-state index is -0.271. The number of carbonyl (C=O) groups is 2. The van der Waals surface area contributed by atoms with Crippen LogP contribution in [0.2, 0.25) is 0 Å². The fourth-order valence-electron chi connectivity index (χ4n) is 2.44. The number of rotatable bonds is 6. The van der Waals surface area contributed by atoms with Crippen molar-refractivity contribution in [1.82, 2.24) is 5.32 Å². The second-order valence-electron chi connectivity index (χ2n) is 5.56. The van der Waals surface area contributed by atoms with Gasteiger partial charge in [-0.15, -0.1) is 0 Å². The lowest BCUT2D eigenvalue weighted by Gasteiger charge is -2.18. The summed E-state index contributed by atoms with van der Waals surface area (Å²) in [6, 6.07) is 11.9. The van der Waals surface area contributed by atoms with Crippen LogP contribution in [0.25, 0.3) is 0 Å². The minimum Gasteiger partial charge on any atom is -0.497 e. The molecule has 0 aliphatic rings. The van der Waals surface area contributed by atoms with Gasteiger partial charge in [-0.05, 0) is 49.4 Å². The topological polar surface area (TPSA) is 76.7 Å². The van der Waals surface area contributed by atoms with Crippen LogP contribution in [-0.2, 0) is 4.79 Å². The number of methoxy groups -OCH3 is 2. The maximum Gasteiger partial charge on any atom is 0.251 e. The van der Waals surface area contributed by atoms with Gasteiger partial charge >= 0.3 is 0 Å². The van der Waals surface area contributed by atoms with Gasteiger partial charge in [-0.25, -0.2) is 0 Å². The highest BCUT2D eigenvalue weighted by atomic mass is 16.5. The summed E-state index contributed by atoms with van der Waals surface area (Å²) in [4.78, 5) is 23.5. The molecule has 0 aliphatic carbocycles. The molecule has 0 aliphatic heterocycles. The van der Waals surface area contributed by atoms with E-state index in [2.05, 4.69) is 10.6 Å². The average Bonchev–Trinajstić information content (AvgIpc) is 2.61. The van der Waals surface area contributed by atoms with E-state index in [-0.39, 0.29) is 17.9 Å². The Kier molecular flexibility index (Phi) is 6.00. The Morgan fingerprint density at radius 1 is 1.00 bits per heavy atom. The van der Waals surface area contributed by atoms with E-state index in [0.29, 0.717) is 22.7 Å². The standard InChI is InChI=1S/C19H22N2O4/c1-12(17-11-16(24-3)9-10-18(17)25-4)20-19(23)14-5-7-15(8-6-14)21-13(2)22/h5-12H,1-4H3,(H,20,23)(H,21,22). The van der Waals surface area contributed by atoms with Crippen LogP contribution in [0, 0.1) is 0 Å². The number of hydrogen-bond acceptors (Lipinski definition) is 4. The monoisotopic (exact) mass is 342 g/mol. The third kappa shape index (κ3) is 4.73. The molecule has 0 heterocycles. The van der Waals surface area contributed by atoms with Crippen LogP contribution in [-0.4, -0.2) is 26.0 Å². The van der Waals surface area contributed by atoms with Crippen molar-refractivity contribution < 1.29 is 19.1 Å². The third-order valence-electron chi connectivity index (χ3n) is 3.72. The predicted octanol–water partition coefficient (Wildman–Crippen LogP) is 3.15. The molecule has 0 saturated heterocycles. The van der Waals surface area contributed by atoms with Crippen LogP contribution in [0.3, 0.4) is 0 Å². The second-order valence-corrected chi connectivity index (χ2v) is 5.56. The molecular formula is C19H22N2O4. The molecule has 6 nitrogen and oxygen atoms in total. The van der Waals surface area contributed by atoms with Gasteiger partial charge in [0, 0.05) is 23.7 Å². The van der Waals surface area contributed by atoms with E-state index >= 15 is 0 Å². The molecule has 2 rings (SSSR count). The van der Waals surface area contributed by atoms with Crippen molar-refractivity contribution in [3.8, 4) is 11.5 Å². The first kappa shape index (κ1) is 18.3. The first-order chi connectivity index (χ1) is 11.9. The molecule has 2 amide bonds. The van der Waals surface area contributed by atoms with Crippen LogP contribution >= 0.6 is 0 Å². The summed E-state index contributed by atoms with van der Waals surface area (Å²) in [5.74, 6) is 0.994. The van der Waals surface area contributed by atoms with Crippen molar-refractivity contribution in [2.24, 2.45) is 0 Å². The van der Waals surface area contributed by atoms with Crippen LogP contribution < -0.4 is 20.1 Å². The molecule has 0 bridgehead atoms. The summed E-state index contributed by atoms with van der Waals surface area (Å²) >= 11 is 0. The Morgan fingerprint density at radius 2 is 1.68 bits per heavy atom. The Balaban J connectivity index is 2.13. The van der Waals surface area contributed by atoms with Crippen molar-refractivity contribution >= 4 is 17.5 Å². The molecule has 2 aromatic carbocycles. The molecule has 132 valence electrons. The Hall–Kier alpha value is -3.02. The van der Waals surface area contributed by atoms with E-state index in [1.165, 1.54) is 6.92 Å². The summed E-state index contributed by atoms with van der Waals surface area (Å²) in [5.41, 5.74) is 1.97.